The Morgan fingerprint density at radius 2 is 2.21 bits per heavy atom. The van der Waals surface area contributed by atoms with Gasteiger partial charge in [-0.15, -0.1) is 11.8 Å². The molecule has 19 heavy (non-hydrogen) atoms. The summed E-state index contributed by atoms with van der Waals surface area (Å²) in [6, 6.07) is 9.10. The first-order valence-electron chi connectivity index (χ1n) is 5.71. The third kappa shape index (κ3) is 3.75. The lowest BCUT2D eigenvalue weighted by molar-refractivity contribution is -0.115. The van der Waals surface area contributed by atoms with Crippen molar-refractivity contribution in [2.45, 2.75) is 24.0 Å². The molecule has 0 aliphatic carbocycles. The van der Waals surface area contributed by atoms with Crippen LogP contribution in [0.2, 0.25) is 5.02 Å². The van der Waals surface area contributed by atoms with E-state index in [0.29, 0.717) is 16.6 Å². The molecule has 1 unspecified atom stereocenters. The molecule has 6 heteroatoms. The molecule has 1 aromatic carbocycles. The van der Waals surface area contributed by atoms with Gasteiger partial charge in [0.15, 0.2) is 5.82 Å². The Kier molecular flexibility index (Phi) is 4.50. The Bertz CT molecular complexity index is 586. The summed E-state index contributed by atoms with van der Waals surface area (Å²) < 4.78 is 4.89. The van der Waals surface area contributed by atoms with E-state index in [9.17, 15) is 4.79 Å². The second-order valence-corrected chi connectivity index (χ2v) is 5.79. The van der Waals surface area contributed by atoms with Crippen molar-refractivity contribution in [2.75, 3.05) is 5.32 Å². The fourth-order valence-electron chi connectivity index (χ4n) is 1.44. The van der Waals surface area contributed by atoms with Crippen LogP contribution >= 0.6 is 23.4 Å². The van der Waals surface area contributed by atoms with Crippen molar-refractivity contribution in [3.05, 3.63) is 41.1 Å². The molecule has 1 aromatic heterocycles. The minimum Gasteiger partial charge on any atom is -0.360 e. The first-order valence-corrected chi connectivity index (χ1v) is 6.97. The largest absolute Gasteiger partial charge is 0.360 e. The van der Waals surface area contributed by atoms with Crippen molar-refractivity contribution in [2.24, 2.45) is 0 Å². The number of thioether (sulfide) groups is 1. The van der Waals surface area contributed by atoms with E-state index in [1.165, 1.54) is 11.8 Å². The maximum absolute atomic E-state index is 12.0. The van der Waals surface area contributed by atoms with Crippen molar-refractivity contribution >= 4 is 35.1 Å². The normalized spacial score (nSPS) is 12.2. The van der Waals surface area contributed by atoms with Gasteiger partial charge in [0.05, 0.1) is 10.3 Å². The number of carbonyl (C=O) groups is 1. The molecule has 1 atom stereocenters. The number of hydrogen-bond donors (Lipinski definition) is 1. The van der Waals surface area contributed by atoms with Crippen LogP contribution in [0.3, 0.4) is 0 Å². The Morgan fingerprint density at radius 1 is 1.47 bits per heavy atom. The Morgan fingerprint density at radius 3 is 2.84 bits per heavy atom. The molecular formula is C13H13ClN2O2S. The van der Waals surface area contributed by atoms with Gasteiger partial charge in [-0.1, -0.05) is 28.9 Å². The number of aryl methyl sites for hydroxylation is 1. The Balaban J connectivity index is 1.98. The lowest BCUT2D eigenvalue weighted by atomic mass is 10.4. The number of hydrogen-bond acceptors (Lipinski definition) is 4. The number of anilines is 1. The SMILES string of the molecule is Cc1cc(NC(=O)C(C)Sc2ccccc2Cl)no1. The molecule has 1 heterocycles. The minimum absolute atomic E-state index is 0.141. The number of nitrogens with zero attached hydrogens (tertiary/aromatic N) is 1. The molecule has 0 aliphatic rings. The highest BCUT2D eigenvalue weighted by molar-refractivity contribution is 8.00. The van der Waals surface area contributed by atoms with Gasteiger partial charge in [0.25, 0.3) is 0 Å². The van der Waals surface area contributed by atoms with Crippen molar-refractivity contribution in [1.82, 2.24) is 5.16 Å². The van der Waals surface area contributed by atoms with Gasteiger partial charge in [0.1, 0.15) is 5.76 Å². The molecule has 0 saturated carbocycles. The Labute approximate surface area is 120 Å². The van der Waals surface area contributed by atoms with Gasteiger partial charge in [-0.05, 0) is 26.0 Å². The standard InChI is InChI=1S/C13H13ClN2O2S/c1-8-7-12(16-18-8)15-13(17)9(2)19-11-6-4-3-5-10(11)14/h3-7,9H,1-2H3,(H,15,16,17). The molecule has 1 amide bonds. The van der Waals surface area contributed by atoms with Gasteiger partial charge in [-0.3, -0.25) is 4.79 Å². The van der Waals surface area contributed by atoms with Crippen LogP contribution in [-0.4, -0.2) is 16.3 Å². The van der Waals surface area contributed by atoms with E-state index in [0.717, 1.165) is 4.90 Å². The summed E-state index contributed by atoms with van der Waals surface area (Å²) in [4.78, 5) is 12.9. The van der Waals surface area contributed by atoms with Crippen LogP contribution in [0.15, 0.2) is 39.8 Å². The van der Waals surface area contributed by atoms with E-state index in [1.807, 2.05) is 25.1 Å². The summed E-state index contributed by atoms with van der Waals surface area (Å²) in [7, 11) is 0. The summed E-state index contributed by atoms with van der Waals surface area (Å²) in [5, 5.41) is 6.78. The van der Waals surface area contributed by atoms with Crippen LogP contribution in [0.1, 0.15) is 12.7 Å². The maximum atomic E-state index is 12.0. The predicted octanol–water partition coefficient (Wildman–Crippen LogP) is 3.76. The number of nitrogens with one attached hydrogen (secondary N) is 1. The van der Waals surface area contributed by atoms with Crippen LogP contribution in [0, 0.1) is 6.92 Å². The molecule has 0 spiro atoms. The third-order valence-electron chi connectivity index (χ3n) is 2.39. The van der Waals surface area contributed by atoms with Crippen molar-refractivity contribution < 1.29 is 9.32 Å². The second kappa shape index (κ2) is 6.12. The van der Waals surface area contributed by atoms with Crippen molar-refractivity contribution in [1.29, 1.82) is 0 Å². The van der Waals surface area contributed by atoms with E-state index < -0.39 is 0 Å². The summed E-state index contributed by atoms with van der Waals surface area (Å²) in [5.41, 5.74) is 0. The molecule has 0 aliphatic heterocycles. The summed E-state index contributed by atoms with van der Waals surface area (Å²) >= 11 is 7.46. The lowest BCUT2D eigenvalue weighted by Crippen LogP contribution is -2.22. The first kappa shape index (κ1) is 14.0. The molecule has 2 rings (SSSR count). The van der Waals surface area contributed by atoms with E-state index in [2.05, 4.69) is 10.5 Å². The van der Waals surface area contributed by atoms with Crippen molar-refractivity contribution in [3.63, 3.8) is 0 Å². The predicted molar refractivity (Wildman–Crippen MR) is 76.6 cm³/mol. The molecule has 2 aromatic rings. The van der Waals surface area contributed by atoms with Gasteiger partial charge < -0.3 is 9.84 Å². The molecule has 0 bridgehead atoms. The summed E-state index contributed by atoms with van der Waals surface area (Å²) in [5.74, 6) is 0.939. The number of aromatic nitrogens is 1. The molecule has 4 nitrogen and oxygen atoms in total. The summed E-state index contributed by atoms with van der Waals surface area (Å²) in [6.07, 6.45) is 0. The number of halogens is 1. The van der Waals surface area contributed by atoms with Gasteiger partial charge in [0.2, 0.25) is 5.91 Å². The van der Waals surface area contributed by atoms with Gasteiger partial charge in [-0.25, -0.2) is 0 Å². The highest BCUT2D eigenvalue weighted by Crippen LogP contribution is 2.30. The third-order valence-corrected chi connectivity index (χ3v) is 4.01. The fraction of sp³-hybridized carbons (Fsp3) is 0.231. The van der Waals surface area contributed by atoms with E-state index in [1.54, 1.807) is 19.1 Å². The zero-order valence-electron chi connectivity index (χ0n) is 10.5. The zero-order chi connectivity index (χ0) is 13.8. The number of amides is 1. The summed E-state index contributed by atoms with van der Waals surface area (Å²) in [6.45, 7) is 3.58. The van der Waals surface area contributed by atoms with Crippen LogP contribution in [0.5, 0.6) is 0 Å². The Hall–Kier alpha value is -1.46. The van der Waals surface area contributed by atoms with E-state index >= 15 is 0 Å². The highest BCUT2D eigenvalue weighted by atomic mass is 35.5. The van der Waals surface area contributed by atoms with Gasteiger partial charge in [0, 0.05) is 11.0 Å². The van der Waals surface area contributed by atoms with E-state index in [4.69, 9.17) is 16.1 Å². The van der Waals surface area contributed by atoms with Crippen LogP contribution in [-0.2, 0) is 4.79 Å². The first-order chi connectivity index (χ1) is 9.06. The molecule has 0 saturated heterocycles. The molecule has 100 valence electrons. The van der Waals surface area contributed by atoms with E-state index in [-0.39, 0.29) is 11.2 Å². The van der Waals surface area contributed by atoms with Crippen LogP contribution < -0.4 is 5.32 Å². The molecular weight excluding hydrogens is 284 g/mol. The number of carbonyl (C=O) groups excluding carboxylic acids is 1. The number of benzene rings is 1. The second-order valence-electron chi connectivity index (χ2n) is 4.00. The average Bonchev–Trinajstić information content (AvgIpc) is 2.77. The smallest absolute Gasteiger partial charge is 0.238 e. The monoisotopic (exact) mass is 296 g/mol. The van der Waals surface area contributed by atoms with Crippen LogP contribution in [0.25, 0.3) is 0 Å². The highest BCUT2D eigenvalue weighted by Gasteiger charge is 2.17. The zero-order valence-corrected chi connectivity index (χ0v) is 12.1. The molecule has 1 N–H and O–H groups in total. The minimum atomic E-state index is -0.281. The van der Waals surface area contributed by atoms with Gasteiger partial charge >= 0.3 is 0 Å². The van der Waals surface area contributed by atoms with Crippen LogP contribution in [0.4, 0.5) is 5.82 Å². The fourth-order valence-corrected chi connectivity index (χ4v) is 2.59. The quantitative estimate of drug-likeness (QED) is 0.873. The lowest BCUT2D eigenvalue weighted by Gasteiger charge is -2.11. The topological polar surface area (TPSA) is 55.1 Å². The van der Waals surface area contributed by atoms with Crippen molar-refractivity contribution in [3.8, 4) is 0 Å². The molecule has 0 radical (unpaired) electrons. The average molecular weight is 297 g/mol. The van der Waals surface area contributed by atoms with Gasteiger partial charge in [-0.2, -0.15) is 0 Å². The number of rotatable bonds is 4. The molecule has 0 fully saturated rings. The maximum Gasteiger partial charge on any atom is 0.238 e.